The molecule has 0 aliphatic carbocycles. The van der Waals surface area contributed by atoms with Crippen LogP contribution in [0, 0.1) is 11.8 Å². The van der Waals surface area contributed by atoms with Crippen molar-refractivity contribution in [3.8, 4) is 0 Å². The second-order valence-corrected chi connectivity index (χ2v) is 4.87. The van der Waals surface area contributed by atoms with Crippen LogP contribution in [0.5, 0.6) is 0 Å². The Bertz CT molecular complexity index is 201. The van der Waals surface area contributed by atoms with Gasteiger partial charge in [0.25, 0.3) is 0 Å². The molecule has 1 fully saturated rings. The van der Waals surface area contributed by atoms with E-state index in [1.807, 2.05) is 4.90 Å². The van der Waals surface area contributed by atoms with Crippen molar-refractivity contribution in [2.75, 3.05) is 13.2 Å². The molecule has 0 spiro atoms. The number of nitrogens with zero attached hydrogens (tertiary/aromatic N) is 1. The molecule has 0 aromatic heterocycles. The SMILES string of the molecule is CC(C)CCN1CNC(C(C)C)C1=O. The maximum Gasteiger partial charge on any atom is 0.241 e. The van der Waals surface area contributed by atoms with Gasteiger partial charge in [0.1, 0.15) is 0 Å². The smallest absolute Gasteiger partial charge is 0.241 e. The maximum atomic E-state index is 11.8. The fourth-order valence-corrected chi connectivity index (χ4v) is 1.69. The summed E-state index contributed by atoms with van der Waals surface area (Å²) >= 11 is 0. The number of carbonyl (C=O) groups excluding carboxylic acids is 1. The first kappa shape index (κ1) is 11.5. The first-order valence-corrected chi connectivity index (χ1v) is 5.54. The highest BCUT2D eigenvalue weighted by Gasteiger charge is 2.32. The van der Waals surface area contributed by atoms with Crippen molar-refractivity contribution in [2.45, 2.75) is 40.2 Å². The van der Waals surface area contributed by atoms with Crippen molar-refractivity contribution in [3.63, 3.8) is 0 Å². The minimum Gasteiger partial charge on any atom is -0.329 e. The van der Waals surface area contributed by atoms with E-state index >= 15 is 0 Å². The zero-order valence-electron chi connectivity index (χ0n) is 9.71. The lowest BCUT2D eigenvalue weighted by molar-refractivity contribution is -0.129. The first-order chi connectivity index (χ1) is 6.52. The molecular formula is C11H22N2O. The van der Waals surface area contributed by atoms with Crippen LogP contribution in [0.15, 0.2) is 0 Å². The van der Waals surface area contributed by atoms with Gasteiger partial charge in [-0.05, 0) is 18.3 Å². The van der Waals surface area contributed by atoms with Gasteiger partial charge < -0.3 is 4.90 Å². The van der Waals surface area contributed by atoms with Crippen molar-refractivity contribution in [1.29, 1.82) is 0 Å². The first-order valence-electron chi connectivity index (χ1n) is 5.54. The number of amides is 1. The van der Waals surface area contributed by atoms with Crippen molar-refractivity contribution in [3.05, 3.63) is 0 Å². The Morgan fingerprint density at radius 2 is 2.07 bits per heavy atom. The van der Waals surface area contributed by atoms with Crippen molar-refractivity contribution >= 4 is 5.91 Å². The van der Waals surface area contributed by atoms with Crippen LogP contribution in [0.25, 0.3) is 0 Å². The molecule has 14 heavy (non-hydrogen) atoms. The molecule has 1 aliphatic heterocycles. The largest absolute Gasteiger partial charge is 0.329 e. The molecule has 0 saturated carbocycles. The molecule has 3 nitrogen and oxygen atoms in total. The molecule has 1 amide bonds. The molecule has 1 aliphatic rings. The van der Waals surface area contributed by atoms with Crippen LogP contribution in [0.2, 0.25) is 0 Å². The summed E-state index contributed by atoms with van der Waals surface area (Å²) in [6.07, 6.45) is 1.10. The van der Waals surface area contributed by atoms with Gasteiger partial charge in [-0.15, -0.1) is 0 Å². The summed E-state index contributed by atoms with van der Waals surface area (Å²) in [4.78, 5) is 13.8. The molecule has 1 heterocycles. The molecule has 0 bridgehead atoms. The van der Waals surface area contributed by atoms with E-state index in [0.29, 0.717) is 11.8 Å². The van der Waals surface area contributed by atoms with Crippen molar-refractivity contribution < 1.29 is 4.79 Å². The van der Waals surface area contributed by atoms with Gasteiger partial charge in [0, 0.05) is 6.54 Å². The molecule has 1 unspecified atom stereocenters. The molecule has 82 valence electrons. The lowest BCUT2D eigenvalue weighted by Crippen LogP contribution is -2.35. The van der Waals surface area contributed by atoms with Gasteiger partial charge in [-0.1, -0.05) is 27.7 Å². The third-order valence-corrected chi connectivity index (χ3v) is 2.72. The Balaban J connectivity index is 2.40. The summed E-state index contributed by atoms with van der Waals surface area (Å²) < 4.78 is 0. The molecule has 0 aromatic rings. The minimum absolute atomic E-state index is 0.0437. The molecule has 1 atom stereocenters. The normalized spacial score (nSPS) is 22.9. The summed E-state index contributed by atoms with van der Waals surface area (Å²) in [5, 5.41) is 3.26. The van der Waals surface area contributed by atoms with E-state index in [9.17, 15) is 4.79 Å². The lowest BCUT2D eigenvalue weighted by atomic mass is 10.0. The van der Waals surface area contributed by atoms with Gasteiger partial charge in [0.05, 0.1) is 12.7 Å². The quantitative estimate of drug-likeness (QED) is 0.741. The Hall–Kier alpha value is -0.570. The number of hydrogen-bond acceptors (Lipinski definition) is 2. The zero-order valence-corrected chi connectivity index (χ0v) is 9.71. The Labute approximate surface area is 86.9 Å². The number of hydrogen-bond donors (Lipinski definition) is 1. The number of rotatable bonds is 4. The van der Waals surface area contributed by atoms with Gasteiger partial charge >= 0.3 is 0 Å². The highest BCUT2D eigenvalue weighted by Crippen LogP contribution is 2.13. The highest BCUT2D eigenvalue weighted by molar-refractivity contribution is 5.83. The second kappa shape index (κ2) is 4.78. The summed E-state index contributed by atoms with van der Waals surface area (Å²) in [5.41, 5.74) is 0. The molecule has 0 aromatic carbocycles. The average molecular weight is 198 g/mol. The predicted octanol–water partition coefficient (Wildman–Crippen LogP) is 1.45. The molecule has 1 saturated heterocycles. The predicted molar refractivity (Wildman–Crippen MR) is 57.8 cm³/mol. The topological polar surface area (TPSA) is 32.3 Å². The van der Waals surface area contributed by atoms with Gasteiger partial charge in [-0.3, -0.25) is 10.1 Å². The van der Waals surface area contributed by atoms with Crippen molar-refractivity contribution in [2.24, 2.45) is 11.8 Å². The lowest BCUT2D eigenvalue weighted by Gasteiger charge is -2.17. The van der Waals surface area contributed by atoms with E-state index in [-0.39, 0.29) is 11.9 Å². The Morgan fingerprint density at radius 3 is 2.50 bits per heavy atom. The van der Waals surface area contributed by atoms with E-state index in [4.69, 9.17) is 0 Å². The number of carbonyl (C=O) groups is 1. The summed E-state index contributed by atoms with van der Waals surface area (Å²) in [5.74, 6) is 1.34. The van der Waals surface area contributed by atoms with Crippen LogP contribution in [-0.4, -0.2) is 30.1 Å². The van der Waals surface area contributed by atoms with E-state index in [1.54, 1.807) is 0 Å². The molecular weight excluding hydrogens is 176 g/mol. The minimum atomic E-state index is 0.0437. The summed E-state index contributed by atoms with van der Waals surface area (Å²) in [7, 11) is 0. The Morgan fingerprint density at radius 1 is 1.43 bits per heavy atom. The molecule has 3 heteroatoms. The standard InChI is InChI=1S/C11H22N2O/c1-8(2)5-6-13-7-12-10(9(3)4)11(13)14/h8-10,12H,5-7H2,1-4H3. The van der Waals surface area contributed by atoms with Crippen molar-refractivity contribution in [1.82, 2.24) is 10.2 Å². The van der Waals surface area contributed by atoms with Gasteiger partial charge in [0.2, 0.25) is 5.91 Å². The van der Waals surface area contributed by atoms with E-state index in [2.05, 4.69) is 33.0 Å². The van der Waals surface area contributed by atoms with E-state index in [1.165, 1.54) is 0 Å². The highest BCUT2D eigenvalue weighted by atomic mass is 16.2. The van der Waals surface area contributed by atoms with Crippen LogP contribution in [0.4, 0.5) is 0 Å². The summed E-state index contributed by atoms with van der Waals surface area (Å²) in [6, 6.07) is 0.0437. The van der Waals surface area contributed by atoms with Gasteiger partial charge in [-0.25, -0.2) is 0 Å². The molecule has 0 radical (unpaired) electrons. The van der Waals surface area contributed by atoms with Crippen LogP contribution in [0.1, 0.15) is 34.1 Å². The van der Waals surface area contributed by atoms with Crippen LogP contribution in [-0.2, 0) is 4.79 Å². The maximum absolute atomic E-state index is 11.8. The number of nitrogens with one attached hydrogen (secondary N) is 1. The van der Waals surface area contributed by atoms with Crippen LogP contribution < -0.4 is 5.32 Å². The van der Waals surface area contributed by atoms with Crippen LogP contribution >= 0.6 is 0 Å². The Kier molecular flexibility index (Phi) is 3.93. The third kappa shape index (κ3) is 2.71. The second-order valence-electron chi connectivity index (χ2n) is 4.87. The van der Waals surface area contributed by atoms with Gasteiger partial charge in [0.15, 0.2) is 0 Å². The zero-order chi connectivity index (χ0) is 10.7. The van der Waals surface area contributed by atoms with E-state index < -0.39 is 0 Å². The average Bonchev–Trinajstić information content (AvgIpc) is 2.43. The van der Waals surface area contributed by atoms with E-state index in [0.717, 1.165) is 19.6 Å². The molecule has 1 N–H and O–H groups in total. The van der Waals surface area contributed by atoms with Crippen LogP contribution in [0.3, 0.4) is 0 Å². The summed E-state index contributed by atoms with van der Waals surface area (Å²) in [6.45, 7) is 10.2. The monoisotopic (exact) mass is 198 g/mol. The fourth-order valence-electron chi connectivity index (χ4n) is 1.69. The van der Waals surface area contributed by atoms with Gasteiger partial charge in [-0.2, -0.15) is 0 Å². The fraction of sp³-hybridized carbons (Fsp3) is 0.909. The molecule has 1 rings (SSSR count). The third-order valence-electron chi connectivity index (χ3n) is 2.72.